The van der Waals surface area contributed by atoms with Crippen LogP contribution in [-0.2, 0) is 0 Å². The molecule has 0 radical (unpaired) electrons. The third-order valence-electron chi connectivity index (χ3n) is 5.08. The predicted octanol–water partition coefficient (Wildman–Crippen LogP) is 4.64. The summed E-state index contributed by atoms with van der Waals surface area (Å²) in [6.45, 7) is 1.68. The summed E-state index contributed by atoms with van der Waals surface area (Å²) in [6.07, 6.45) is 3.73. The van der Waals surface area contributed by atoms with Crippen molar-refractivity contribution in [3.63, 3.8) is 0 Å². The number of hydrogen-bond donors (Lipinski definition) is 1. The lowest BCUT2D eigenvalue weighted by Crippen LogP contribution is -2.13. The van der Waals surface area contributed by atoms with Gasteiger partial charge in [0.2, 0.25) is 11.7 Å². The number of aryl methyl sites for hydroxylation is 1. The number of anilines is 1. The van der Waals surface area contributed by atoms with E-state index in [9.17, 15) is 13.6 Å². The molecule has 0 unspecified atom stereocenters. The molecular weight excluding hydrogens is 404 g/mol. The summed E-state index contributed by atoms with van der Waals surface area (Å²) in [5.41, 5.74) is 2.18. The van der Waals surface area contributed by atoms with E-state index < -0.39 is 17.5 Å². The molecule has 0 bridgehead atoms. The van der Waals surface area contributed by atoms with Gasteiger partial charge in [0.25, 0.3) is 5.91 Å². The van der Waals surface area contributed by atoms with Gasteiger partial charge < -0.3 is 9.84 Å². The number of nitrogens with one attached hydrogen (secondary N) is 1. The molecule has 1 amide bonds. The Morgan fingerprint density at radius 3 is 2.65 bits per heavy atom. The predicted molar refractivity (Wildman–Crippen MR) is 108 cm³/mol. The zero-order chi connectivity index (χ0) is 21.5. The van der Waals surface area contributed by atoms with Gasteiger partial charge in [-0.25, -0.2) is 13.5 Å². The number of carbonyl (C=O) groups is 1. The number of halogens is 2. The van der Waals surface area contributed by atoms with Gasteiger partial charge in [-0.05, 0) is 56.2 Å². The van der Waals surface area contributed by atoms with Gasteiger partial charge >= 0.3 is 0 Å². The molecule has 9 heteroatoms. The van der Waals surface area contributed by atoms with Crippen molar-refractivity contribution in [1.29, 1.82) is 0 Å². The molecule has 2 aromatic heterocycles. The first-order valence-electron chi connectivity index (χ1n) is 9.75. The van der Waals surface area contributed by atoms with E-state index in [1.54, 1.807) is 17.8 Å². The van der Waals surface area contributed by atoms with Gasteiger partial charge in [0.05, 0.1) is 22.6 Å². The third-order valence-corrected chi connectivity index (χ3v) is 5.08. The Morgan fingerprint density at radius 2 is 1.94 bits per heavy atom. The van der Waals surface area contributed by atoms with Crippen LogP contribution in [0.2, 0.25) is 0 Å². The van der Waals surface area contributed by atoms with Crippen LogP contribution < -0.4 is 5.32 Å². The van der Waals surface area contributed by atoms with Crippen LogP contribution in [0.4, 0.5) is 14.5 Å². The molecule has 5 rings (SSSR count). The number of rotatable bonds is 5. The van der Waals surface area contributed by atoms with E-state index >= 15 is 0 Å². The summed E-state index contributed by atoms with van der Waals surface area (Å²) in [5, 5.41) is 10.8. The fourth-order valence-electron chi connectivity index (χ4n) is 3.21. The van der Waals surface area contributed by atoms with Crippen LogP contribution in [0.25, 0.3) is 17.1 Å². The van der Waals surface area contributed by atoms with Crippen molar-refractivity contribution in [2.45, 2.75) is 25.7 Å². The number of amides is 1. The van der Waals surface area contributed by atoms with Crippen LogP contribution in [-0.4, -0.2) is 25.8 Å². The quantitative estimate of drug-likeness (QED) is 0.507. The molecule has 156 valence electrons. The normalized spacial score (nSPS) is 13.4. The van der Waals surface area contributed by atoms with Gasteiger partial charge in [-0.3, -0.25) is 4.79 Å². The highest BCUT2D eigenvalue weighted by Gasteiger charge is 2.29. The SMILES string of the molecule is Cc1nn(-c2ccc(-c3noc(C4CC4)n3)cc2)cc1C(=O)Nc1ccc(F)cc1F. The van der Waals surface area contributed by atoms with E-state index in [1.165, 1.54) is 6.07 Å². The second-order valence-electron chi connectivity index (χ2n) is 7.43. The summed E-state index contributed by atoms with van der Waals surface area (Å²) < 4.78 is 33.7. The smallest absolute Gasteiger partial charge is 0.259 e. The molecule has 1 N–H and O–H groups in total. The second kappa shape index (κ2) is 7.42. The number of carbonyl (C=O) groups excluding carboxylic acids is 1. The topological polar surface area (TPSA) is 85.8 Å². The highest BCUT2D eigenvalue weighted by atomic mass is 19.1. The summed E-state index contributed by atoms with van der Waals surface area (Å²) in [4.78, 5) is 17.0. The molecule has 0 aliphatic heterocycles. The first kappa shape index (κ1) is 19.1. The number of nitrogens with zero attached hydrogens (tertiary/aromatic N) is 4. The zero-order valence-corrected chi connectivity index (χ0v) is 16.5. The van der Waals surface area contributed by atoms with Crippen LogP contribution in [0.3, 0.4) is 0 Å². The van der Waals surface area contributed by atoms with Crippen LogP contribution in [0.15, 0.2) is 53.2 Å². The average Bonchev–Trinajstić information content (AvgIpc) is 3.35. The summed E-state index contributed by atoms with van der Waals surface area (Å²) in [5.74, 6) is -0.500. The van der Waals surface area contributed by atoms with Crippen molar-refractivity contribution in [3.05, 3.63) is 77.4 Å². The molecule has 0 atom stereocenters. The number of benzene rings is 2. The number of hydrogen-bond acceptors (Lipinski definition) is 5. The monoisotopic (exact) mass is 421 g/mol. The van der Waals surface area contributed by atoms with Gasteiger partial charge in [-0.2, -0.15) is 10.1 Å². The first-order valence-corrected chi connectivity index (χ1v) is 9.75. The Bertz CT molecular complexity index is 1280. The molecule has 0 spiro atoms. The molecule has 4 aromatic rings. The molecule has 1 aliphatic carbocycles. The molecule has 1 aliphatic rings. The average molecular weight is 421 g/mol. The van der Waals surface area contributed by atoms with Crippen molar-refractivity contribution in [1.82, 2.24) is 19.9 Å². The Kier molecular flexibility index (Phi) is 4.58. The fourth-order valence-corrected chi connectivity index (χ4v) is 3.21. The first-order chi connectivity index (χ1) is 15.0. The molecule has 7 nitrogen and oxygen atoms in total. The van der Waals surface area contributed by atoms with E-state index in [1.807, 2.05) is 24.3 Å². The molecule has 1 fully saturated rings. The molecule has 31 heavy (non-hydrogen) atoms. The maximum Gasteiger partial charge on any atom is 0.259 e. The van der Waals surface area contributed by atoms with Crippen LogP contribution in [0.5, 0.6) is 0 Å². The van der Waals surface area contributed by atoms with Crippen LogP contribution in [0.1, 0.15) is 40.7 Å². The van der Waals surface area contributed by atoms with E-state index in [0.717, 1.165) is 30.2 Å². The van der Waals surface area contributed by atoms with Crippen molar-refractivity contribution in [2.75, 3.05) is 5.32 Å². The van der Waals surface area contributed by atoms with Gasteiger partial charge in [0.15, 0.2) is 0 Å². The second-order valence-corrected chi connectivity index (χ2v) is 7.43. The van der Waals surface area contributed by atoms with E-state index in [0.29, 0.717) is 29.4 Å². The summed E-state index contributed by atoms with van der Waals surface area (Å²) in [7, 11) is 0. The van der Waals surface area contributed by atoms with Crippen molar-refractivity contribution in [2.24, 2.45) is 0 Å². The maximum absolute atomic E-state index is 13.8. The molecular formula is C22H17F2N5O2. The summed E-state index contributed by atoms with van der Waals surface area (Å²) in [6, 6.07) is 10.3. The molecule has 2 heterocycles. The minimum atomic E-state index is -0.847. The molecule has 0 saturated heterocycles. The van der Waals surface area contributed by atoms with Gasteiger partial charge in [0, 0.05) is 23.7 Å². The minimum Gasteiger partial charge on any atom is -0.339 e. The van der Waals surface area contributed by atoms with E-state index in [-0.39, 0.29) is 11.3 Å². The minimum absolute atomic E-state index is 0.103. The highest BCUT2D eigenvalue weighted by Crippen LogP contribution is 2.39. The fraction of sp³-hybridized carbons (Fsp3) is 0.182. The van der Waals surface area contributed by atoms with Gasteiger partial charge in [-0.1, -0.05) is 5.16 Å². The Morgan fingerprint density at radius 1 is 1.16 bits per heavy atom. The van der Waals surface area contributed by atoms with Crippen molar-refractivity contribution in [3.8, 4) is 17.1 Å². The van der Waals surface area contributed by atoms with Gasteiger partial charge in [0.1, 0.15) is 11.6 Å². The maximum atomic E-state index is 13.8. The number of aromatic nitrogens is 4. The Labute approximate surface area is 175 Å². The van der Waals surface area contributed by atoms with Crippen LogP contribution >= 0.6 is 0 Å². The molecule has 2 aromatic carbocycles. The summed E-state index contributed by atoms with van der Waals surface area (Å²) >= 11 is 0. The Hall–Kier alpha value is -3.88. The van der Waals surface area contributed by atoms with E-state index in [2.05, 4.69) is 20.6 Å². The van der Waals surface area contributed by atoms with Gasteiger partial charge in [-0.15, -0.1) is 0 Å². The van der Waals surface area contributed by atoms with E-state index in [4.69, 9.17) is 4.52 Å². The zero-order valence-electron chi connectivity index (χ0n) is 16.5. The lowest BCUT2D eigenvalue weighted by molar-refractivity contribution is 0.102. The standard InChI is InChI=1S/C22H17F2N5O2/c1-12-17(21(30)25-19-9-6-15(23)10-18(19)24)11-29(27-12)16-7-4-13(5-8-16)20-26-22(31-28-20)14-2-3-14/h4-11,14H,2-3H2,1H3,(H,25,30). The Balaban J connectivity index is 1.35. The lowest BCUT2D eigenvalue weighted by atomic mass is 10.2. The van der Waals surface area contributed by atoms with Crippen molar-refractivity contribution >= 4 is 11.6 Å². The third kappa shape index (κ3) is 3.81. The highest BCUT2D eigenvalue weighted by molar-refractivity contribution is 6.05. The largest absolute Gasteiger partial charge is 0.339 e. The lowest BCUT2D eigenvalue weighted by Gasteiger charge is -2.05. The van der Waals surface area contributed by atoms with Crippen LogP contribution in [0, 0.1) is 18.6 Å². The molecule has 1 saturated carbocycles. The van der Waals surface area contributed by atoms with Crippen molar-refractivity contribution < 1.29 is 18.1 Å².